The largest absolute Gasteiger partial charge is 0.493 e. The maximum atomic E-state index is 12.4. The van der Waals surface area contributed by atoms with Crippen molar-refractivity contribution >= 4 is 27.6 Å². The molecule has 6 nitrogen and oxygen atoms in total. The van der Waals surface area contributed by atoms with E-state index in [1.54, 1.807) is 16.2 Å². The van der Waals surface area contributed by atoms with Gasteiger partial charge >= 0.3 is 6.09 Å². The highest BCUT2D eigenvalue weighted by molar-refractivity contribution is 7.18. The Kier molecular flexibility index (Phi) is 6.27. The number of piperazine rings is 1. The fourth-order valence-electron chi connectivity index (χ4n) is 3.43. The van der Waals surface area contributed by atoms with E-state index in [0.717, 1.165) is 34.8 Å². The molecule has 152 valence electrons. The summed E-state index contributed by atoms with van der Waals surface area (Å²) in [5.74, 6) is 0.831. The Labute approximate surface area is 174 Å². The van der Waals surface area contributed by atoms with Gasteiger partial charge in [0.25, 0.3) is 0 Å². The maximum Gasteiger partial charge on any atom is 0.410 e. The fraction of sp³-hybridized carbons (Fsp3) is 0.364. The fourth-order valence-corrected chi connectivity index (χ4v) is 4.23. The molecule has 1 fully saturated rings. The van der Waals surface area contributed by atoms with Gasteiger partial charge in [0.2, 0.25) is 0 Å². The molecule has 1 aromatic heterocycles. The van der Waals surface area contributed by atoms with E-state index in [1.165, 1.54) is 4.70 Å². The highest BCUT2D eigenvalue weighted by Gasteiger charge is 2.24. The van der Waals surface area contributed by atoms with E-state index >= 15 is 0 Å². The predicted molar refractivity (Wildman–Crippen MR) is 114 cm³/mol. The van der Waals surface area contributed by atoms with Crippen molar-refractivity contribution in [1.82, 2.24) is 15.2 Å². The number of fused-ring (bicyclic) bond motifs is 1. The molecule has 2 aromatic carbocycles. The van der Waals surface area contributed by atoms with Gasteiger partial charge in [-0.25, -0.2) is 9.78 Å². The normalized spacial score (nSPS) is 16.7. The third-order valence-electron chi connectivity index (χ3n) is 4.92. The van der Waals surface area contributed by atoms with Crippen LogP contribution >= 0.6 is 11.3 Å². The Morgan fingerprint density at radius 2 is 2.14 bits per heavy atom. The summed E-state index contributed by atoms with van der Waals surface area (Å²) >= 11 is 1.69. The lowest BCUT2D eigenvalue weighted by atomic mass is 10.1. The molecular weight excluding hydrogens is 386 g/mol. The Morgan fingerprint density at radius 3 is 3.00 bits per heavy atom. The van der Waals surface area contributed by atoms with Gasteiger partial charge in [0, 0.05) is 31.7 Å². The van der Waals surface area contributed by atoms with Gasteiger partial charge in [-0.2, -0.15) is 0 Å². The molecule has 1 N–H and O–H groups in total. The second-order valence-corrected chi connectivity index (χ2v) is 8.37. The van der Waals surface area contributed by atoms with Gasteiger partial charge in [-0.15, -0.1) is 11.3 Å². The molecule has 3 aromatic rings. The van der Waals surface area contributed by atoms with Crippen LogP contribution in [0, 0.1) is 6.92 Å². The molecule has 7 heteroatoms. The van der Waals surface area contributed by atoms with Crippen LogP contribution in [0.25, 0.3) is 10.2 Å². The van der Waals surface area contributed by atoms with Gasteiger partial charge in [-0.05, 0) is 31.0 Å². The molecular formula is C22H25N3O3S. The van der Waals surface area contributed by atoms with Gasteiger partial charge in [0.15, 0.2) is 0 Å². The van der Waals surface area contributed by atoms with Crippen molar-refractivity contribution in [2.24, 2.45) is 0 Å². The Morgan fingerprint density at radius 1 is 1.28 bits per heavy atom. The molecule has 0 radical (unpaired) electrons. The molecule has 1 saturated heterocycles. The van der Waals surface area contributed by atoms with E-state index in [-0.39, 0.29) is 12.1 Å². The third kappa shape index (κ3) is 5.25. The quantitative estimate of drug-likeness (QED) is 0.665. The van der Waals surface area contributed by atoms with Gasteiger partial charge in [-0.3, -0.25) is 0 Å². The third-order valence-corrected chi connectivity index (χ3v) is 5.87. The molecule has 1 aliphatic heterocycles. The van der Waals surface area contributed by atoms with Gasteiger partial charge in [-0.1, -0.05) is 30.3 Å². The van der Waals surface area contributed by atoms with Crippen LogP contribution in [0.4, 0.5) is 4.79 Å². The molecule has 0 unspecified atom stereocenters. The molecule has 1 aliphatic rings. The molecule has 29 heavy (non-hydrogen) atoms. The number of aryl methyl sites for hydroxylation is 1. The first-order valence-electron chi connectivity index (χ1n) is 9.86. The monoisotopic (exact) mass is 411 g/mol. The number of aromatic nitrogens is 1. The average molecular weight is 412 g/mol. The molecule has 0 saturated carbocycles. The zero-order valence-electron chi connectivity index (χ0n) is 16.5. The molecule has 0 aliphatic carbocycles. The van der Waals surface area contributed by atoms with Gasteiger partial charge in [0.1, 0.15) is 12.4 Å². The molecule has 2 heterocycles. The zero-order valence-corrected chi connectivity index (χ0v) is 17.3. The predicted octanol–water partition coefficient (Wildman–Crippen LogP) is 3.98. The number of hydrogen-bond donors (Lipinski definition) is 1. The first-order chi connectivity index (χ1) is 14.2. The molecule has 0 bridgehead atoms. The summed E-state index contributed by atoms with van der Waals surface area (Å²) in [5.41, 5.74) is 1.97. The lowest BCUT2D eigenvalue weighted by Crippen LogP contribution is -2.53. The number of benzene rings is 2. The Bertz CT molecular complexity index is 960. The molecule has 1 atom stereocenters. The number of carbonyl (C=O) groups is 1. The number of carbonyl (C=O) groups excluding carboxylic acids is 1. The van der Waals surface area contributed by atoms with Crippen molar-refractivity contribution in [1.29, 1.82) is 0 Å². The van der Waals surface area contributed by atoms with Crippen molar-refractivity contribution in [3.63, 3.8) is 0 Å². The van der Waals surface area contributed by atoms with Crippen molar-refractivity contribution in [2.45, 2.75) is 26.0 Å². The van der Waals surface area contributed by atoms with Crippen LogP contribution in [0.2, 0.25) is 0 Å². The van der Waals surface area contributed by atoms with Crippen LogP contribution < -0.4 is 10.1 Å². The van der Waals surface area contributed by atoms with Gasteiger partial charge in [0.05, 0.1) is 21.8 Å². The number of thiazole rings is 1. The molecule has 1 amide bonds. The highest BCUT2D eigenvalue weighted by Crippen LogP contribution is 2.25. The topological polar surface area (TPSA) is 63.7 Å². The first kappa shape index (κ1) is 19.7. The van der Waals surface area contributed by atoms with Crippen molar-refractivity contribution in [2.75, 3.05) is 26.2 Å². The van der Waals surface area contributed by atoms with Crippen molar-refractivity contribution in [3.05, 3.63) is 59.1 Å². The van der Waals surface area contributed by atoms with Gasteiger partial charge < -0.3 is 19.7 Å². The van der Waals surface area contributed by atoms with Crippen LogP contribution in [-0.4, -0.2) is 48.3 Å². The first-order valence-corrected chi connectivity index (χ1v) is 10.7. The summed E-state index contributed by atoms with van der Waals surface area (Å²) in [6.07, 6.45) is 0.557. The maximum absolute atomic E-state index is 12.4. The number of amides is 1. The average Bonchev–Trinajstić information content (AvgIpc) is 3.12. The molecule has 0 spiro atoms. The Balaban J connectivity index is 1.23. The van der Waals surface area contributed by atoms with Crippen LogP contribution in [0.15, 0.2) is 48.5 Å². The summed E-state index contributed by atoms with van der Waals surface area (Å²) < 4.78 is 12.5. The summed E-state index contributed by atoms with van der Waals surface area (Å²) in [5, 5.41) is 4.51. The van der Waals surface area contributed by atoms with Crippen molar-refractivity contribution in [3.8, 4) is 5.75 Å². The minimum atomic E-state index is -0.259. The van der Waals surface area contributed by atoms with Crippen molar-refractivity contribution < 1.29 is 14.3 Å². The van der Waals surface area contributed by atoms with E-state index in [0.29, 0.717) is 26.3 Å². The molecule has 4 rings (SSSR count). The number of nitrogens with zero attached hydrogens (tertiary/aromatic N) is 2. The number of ether oxygens (including phenoxy) is 2. The summed E-state index contributed by atoms with van der Waals surface area (Å²) in [4.78, 5) is 18.7. The SMILES string of the molecule is Cc1nc2cc(OCC[C@@H]3CN(C(=O)OCc4ccccc4)CCN3)ccc2s1. The van der Waals surface area contributed by atoms with E-state index in [9.17, 15) is 4.79 Å². The van der Waals surface area contributed by atoms with E-state index < -0.39 is 0 Å². The standard InChI is InChI=1S/C22H25N3O3S/c1-16-24-20-13-19(7-8-21(20)29-16)27-12-9-18-14-25(11-10-23-18)22(26)28-15-17-5-3-2-4-6-17/h2-8,13,18,23H,9-12,14-15H2,1H3/t18-/m1/s1. The van der Waals surface area contributed by atoms with E-state index in [1.807, 2.05) is 49.4 Å². The minimum Gasteiger partial charge on any atom is -0.493 e. The van der Waals surface area contributed by atoms with Crippen LogP contribution in [0.3, 0.4) is 0 Å². The van der Waals surface area contributed by atoms with Crippen LogP contribution in [0.5, 0.6) is 5.75 Å². The lowest BCUT2D eigenvalue weighted by Gasteiger charge is -2.33. The van der Waals surface area contributed by atoms with E-state index in [4.69, 9.17) is 9.47 Å². The summed E-state index contributed by atoms with van der Waals surface area (Å²) in [6.45, 7) is 4.94. The van der Waals surface area contributed by atoms with E-state index in [2.05, 4.69) is 16.4 Å². The summed E-state index contributed by atoms with van der Waals surface area (Å²) in [6, 6.07) is 16.0. The smallest absolute Gasteiger partial charge is 0.410 e. The second-order valence-electron chi connectivity index (χ2n) is 7.14. The number of nitrogens with one attached hydrogen (secondary N) is 1. The minimum absolute atomic E-state index is 0.193. The lowest BCUT2D eigenvalue weighted by molar-refractivity contribution is 0.0827. The highest BCUT2D eigenvalue weighted by atomic mass is 32.1. The number of rotatable bonds is 6. The van der Waals surface area contributed by atoms with Crippen LogP contribution in [0.1, 0.15) is 17.0 Å². The second kappa shape index (κ2) is 9.24. The number of hydrogen-bond acceptors (Lipinski definition) is 6. The van der Waals surface area contributed by atoms with Crippen LogP contribution in [-0.2, 0) is 11.3 Å². The summed E-state index contributed by atoms with van der Waals surface area (Å²) in [7, 11) is 0. The Hall–Kier alpha value is -2.64. The zero-order chi connectivity index (χ0) is 20.1.